The topological polar surface area (TPSA) is 23.6 Å². The van der Waals surface area contributed by atoms with Crippen molar-refractivity contribution in [2.24, 2.45) is 5.92 Å². The average Bonchev–Trinajstić information content (AvgIpc) is 2.91. The van der Waals surface area contributed by atoms with Gasteiger partial charge in [-0.2, -0.15) is 0 Å². The van der Waals surface area contributed by atoms with Gasteiger partial charge in [0.15, 0.2) is 0 Å². The van der Waals surface area contributed by atoms with E-state index < -0.39 is 0 Å². The molecule has 0 saturated carbocycles. The molecule has 3 aromatic rings. The number of hydrogen-bond acceptors (Lipinski definition) is 2. The van der Waals surface area contributed by atoms with Gasteiger partial charge in [0, 0.05) is 30.1 Å². The van der Waals surface area contributed by atoms with Crippen LogP contribution in [0.5, 0.6) is 0 Å². The minimum absolute atomic E-state index is 0.178. The molecule has 0 aliphatic carbocycles. The van der Waals surface area contributed by atoms with Crippen molar-refractivity contribution >= 4 is 5.91 Å². The van der Waals surface area contributed by atoms with Gasteiger partial charge in [0.25, 0.3) is 5.91 Å². The van der Waals surface area contributed by atoms with Gasteiger partial charge >= 0.3 is 0 Å². The average molecular weight is 481 g/mol. The van der Waals surface area contributed by atoms with Gasteiger partial charge < -0.3 is 4.90 Å². The van der Waals surface area contributed by atoms with Crippen molar-refractivity contribution in [3.05, 3.63) is 107 Å². The largest absolute Gasteiger partial charge is 0.338 e. The number of hydrogen-bond donors (Lipinski definition) is 0. The smallest absolute Gasteiger partial charge is 0.254 e. The van der Waals surface area contributed by atoms with Crippen molar-refractivity contribution in [2.75, 3.05) is 26.2 Å². The van der Waals surface area contributed by atoms with E-state index in [2.05, 4.69) is 103 Å². The maximum absolute atomic E-state index is 13.3. The van der Waals surface area contributed by atoms with Crippen molar-refractivity contribution in [2.45, 2.75) is 57.9 Å². The summed E-state index contributed by atoms with van der Waals surface area (Å²) in [7, 11) is 0. The molecule has 2 heterocycles. The molecule has 3 nitrogen and oxygen atoms in total. The van der Waals surface area contributed by atoms with Crippen LogP contribution in [-0.2, 0) is 0 Å². The Morgan fingerprint density at radius 2 is 1.25 bits per heavy atom. The third kappa shape index (κ3) is 4.99. The predicted octanol–water partition coefficient (Wildman–Crippen LogP) is 6.84. The Morgan fingerprint density at radius 1 is 0.750 bits per heavy atom. The highest BCUT2D eigenvalue weighted by atomic mass is 16.2. The van der Waals surface area contributed by atoms with Crippen LogP contribution in [-0.4, -0.2) is 47.4 Å². The van der Waals surface area contributed by atoms with Gasteiger partial charge in [0.1, 0.15) is 0 Å². The molecular formula is C33H40N2O. The zero-order valence-electron chi connectivity index (χ0n) is 22.1. The van der Waals surface area contributed by atoms with Gasteiger partial charge in [-0.1, -0.05) is 78.9 Å². The van der Waals surface area contributed by atoms with E-state index in [1.165, 1.54) is 24.0 Å². The first-order chi connectivity index (χ1) is 17.5. The number of nitrogens with zero attached hydrogens (tertiary/aromatic N) is 2. The lowest BCUT2D eigenvalue weighted by Gasteiger charge is -2.50. The van der Waals surface area contributed by atoms with Gasteiger partial charge in [0.05, 0.1) is 0 Å². The molecule has 2 aliphatic rings. The van der Waals surface area contributed by atoms with Crippen LogP contribution < -0.4 is 0 Å². The summed E-state index contributed by atoms with van der Waals surface area (Å²) in [4.78, 5) is 18.1. The first kappa shape index (κ1) is 24.8. The Hall–Kier alpha value is -2.91. The highest BCUT2D eigenvalue weighted by Gasteiger charge is 2.40. The predicted molar refractivity (Wildman–Crippen MR) is 148 cm³/mol. The lowest BCUT2D eigenvalue weighted by Crippen LogP contribution is -2.56. The normalized spacial score (nSPS) is 18.9. The number of carbonyl (C=O) groups excluding carboxylic acids is 1. The van der Waals surface area contributed by atoms with Gasteiger partial charge in [-0.3, -0.25) is 9.69 Å². The van der Waals surface area contributed by atoms with Gasteiger partial charge in [-0.15, -0.1) is 0 Å². The summed E-state index contributed by atoms with van der Waals surface area (Å²) in [5.41, 5.74) is 6.12. The summed E-state index contributed by atoms with van der Waals surface area (Å²) in [6, 6.07) is 28.3. The molecular weight excluding hydrogens is 440 g/mol. The lowest BCUT2D eigenvalue weighted by molar-refractivity contribution is 0.0100. The Bertz CT molecular complexity index is 1100. The first-order valence-electron chi connectivity index (χ1n) is 13.7. The second-order valence-electron chi connectivity index (χ2n) is 11.2. The Labute approximate surface area is 217 Å². The highest BCUT2D eigenvalue weighted by Crippen LogP contribution is 2.40. The van der Waals surface area contributed by atoms with Gasteiger partial charge in [0.2, 0.25) is 0 Å². The molecule has 0 aromatic heterocycles. The summed E-state index contributed by atoms with van der Waals surface area (Å²) in [6.07, 6.45) is 4.54. The first-order valence-corrected chi connectivity index (χ1v) is 13.7. The number of likely N-dealkylation sites (tertiary alicyclic amines) is 2. The van der Waals surface area contributed by atoms with Crippen molar-refractivity contribution in [1.82, 2.24) is 9.80 Å². The maximum Gasteiger partial charge on any atom is 0.254 e. The van der Waals surface area contributed by atoms with Crippen LogP contribution in [0.4, 0.5) is 0 Å². The zero-order chi connectivity index (χ0) is 25.1. The van der Waals surface area contributed by atoms with E-state index in [0.717, 1.165) is 55.7 Å². The number of rotatable bonds is 5. The number of piperidine rings is 2. The van der Waals surface area contributed by atoms with Crippen molar-refractivity contribution < 1.29 is 4.79 Å². The molecule has 36 heavy (non-hydrogen) atoms. The number of amides is 1. The number of benzene rings is 3. The molecule has 2 aliphatic heterocycles. The fraction of sp³-hybridized carbons (Fsp3) is 0.424. The second kappa shape index (κ2) is 10.6. The Morgan fingerprint density at radius 3 is 1.75 bits per heavy atom. The molecule has 0 atom stereocenters. The summed E-state index contributed by atoms with van der Waals surface area (Å²) < 4.78 is 0. The van der Waals surface area contributed by atoms with E-state index in [9.17, 15) is 4.79 Å². The summed E-state index contributed by atoms with van der Waals surface area (Å²) >= 11 is 0. The molecule has 2 fully saturated rings. The molecule has 3 aromatic carbocycles. The SMILES string of the molecule is Cc1cccc(C)c1C(=O)N1CCC(C)(N2CCC(C(c3ccccc3)c3ccccc3)CC2)CC1. The molecule has 188 valence electrons. The summed E-state index contributed by atoms with van der Waals surface area (Å²) in [5, 5.41) is 0. The van der Waals surface area contributed by atoms with E-state index in [1.54, 1.807) is 0 Å². The second-order valence-corrected chi connectivity index (χ2v) is 11.2. The maximum atomic E-state index is 13.3. The molecule has 0 unspecified atom stereocenters. The molecule has 3 heteroatoms. The molecule has 1 amide bonds. The molecule has 0 spiro atoms. The molecule has 0 N–H and O–H groups in total. The molecule has 5 rings (SSSR count). The monoisotopic (exact) mass is 480 g/mol. The molecule has 0 bridgehead atoms. The van der Waals surface area contributed by atoms with Gasteiger partial charge in [-0.05, 0) is 87.7 Å². The van der Waals surface area contributed by atoms with Crippen molar-refractivity contribution in [3.8, 4) is 0 Å². The zero-order valence-corrected chi connectivity index (χ0v) is 22.1. The van der Waals surface area contributed by atoms with Crippen LogP contribution in [0.1, 0.15) is 71.1 Å². The van der Waals surface area contributed by atoms with Crippen LogP contribution in [0.15, 0.2) is 78.9 Å². The van der Waals surface area contributed by atoms with Crippen LogP contribution in [0.3, 0.4) is 0 Å². The van der Waals surface area contributed by atoms with Crippen LogP contribution in [0.25, 0.3) is 0 Å². The fourth-order valence-electron chi connectivity index (χ4n) is 6.65. The minimum atomic E-state index is 0.178. The van der Waals surface area contributed by atoms with Crippen LogP contribution in [0, 0.1) is 19.8 Å². The van der Waals surface area contributed by atoms with E-state index in [1.807, 2.05) is 6.07 Å². The fourth-order valence-corrected chi connectivity index (χ4v) is 6.65. The van der Waals surface area contributed by atoms with Gasteiger partial charge in [-0.25, -0.2) is 0 Å². The molecule has 2 saturated heterocycles. The third-order valence-corrected chi connectivity index (χ3v) is 8.91. The minimum Gasteiger partial charge on any atom is -0.338 e. The number of carbonyl (C=O) groups is 1. The molecule has 0 radical (unpaired) electrons. The van der Waals surface area contributed by atoms with E-state index in [0.29, 0.717) is 11.8 Å². The van der Waals surface area contributed by atoms with Crippen molar-refractivity contribution in [3.63, 3.8) is 0 Å². The van der Waals surface area contributed by atoms with E-state index in [-0.39, 0.29) is 11.4 Å². The quantitative estimate of drug-likeness (QED) is 0.399. The lowest BCUT2D eigenvalue weighted by atomic mass is 9.75. The summed E-state index contributed by atoms with van der Waals surface area (Å²) in [6.45, 7) is 10.5. The Kier molecular flexibility index (Phi) is 7.29. The van der Waals surface area contributed by atoms with Crippen LogP contribution >= 0.6 is 0 Å². The standard InChI is InChI=1S/C33H40N2O/c1-25-11-10-12-26(2)30(25)32(36)34-23-19-33(3,20-24-34)35-21-17-29(18-22-35)31(27-13-6-4-7-14-27)28-15-8-5-9-16-28/h4-16,29,31H,17-24H2,1-3H3. The highest BCUT2D eigenvalue weighted by molar-refractivity contribution is 5.97. The van der Waals surface area contributed by atoms with Crippen LogP contribution in [0.2, 0.25) is 0 Å². The Balaban J connectivity index is 1.24. The third-order valence-electron chi connectivity index (χ3n) is 8.91. The van der Waals surface area contributed by atoms with E-state index >= 15 is 0 Å². The van der Waals surface area contributed by atoms with Crippen molar-refractivity contribution in [1.29, 1.82) is 0 Å². The summed E-state index contributed by atoms with van der Waals surface area (Å²) in [5.74, 6) is 1.32. The van der Waals surface area contributed by atoms with E-state index in [4.69, 9.17) is 0 Å². The number of aryl methyl sites for hydroxylation is 2.